The monoisotopic (exact) mass is 324 g/mol. The number of amides is 1. The van der Waals surface area contributed by atoms with Crippen molar-refractivity contribution in [1.29, 1.82) is 0 Å². The number of carbonyl (C=O) groups is 1. The summed E-state index contributed by atoms with van der Waals surface area (Å²) in [5.74, 6) is -0.859. The number of hydrogen-bond acceptors (Lipinski definition) is 2. The van der Waals surface area contributed by atoms with Crippen LogP contribution in [0.25, 0.3) is 0 Å². The van der Waals surface area contributed by atoms with Gasteiger partial charge in [-0.1, -0.05) is 0 Å². The van der Waals surface area contributed by atoms with E-state index in [0.717, 1.165) is 0 Å². The maximum absolute atomic E-state index is 13.1. The van der Waals surface area contributed by atoms with Crippen LogP contribution >= 0.6 is 0 Å². The van der Waals surface area contributed by atoms with Crippen LogP contribution in [0, 0.1) is 0 Å². The Bertz CT molecular complexity index is 637. The standard InChI is InChI=1S/C13H10F6N2O/c14-12(15,16)6-3-7-9-5-20-1-2-21(9)11(22)10(7)8(4-6)13(17,18)19/h3-4,9,20H,1-2,5H2. The van der Waals surface area contributed by atoms with Crippen LogP contribution in [-0.4, -0.2) is 30.4 Å². The maximum Gasteiger partial charge on any atom is 0.417 e. The van der Waals surface area contributed by atoms with E-state index in [4.69, 9.17) is 0 Å². The Labute approximate surface area is 120 Å². The topological polar surface area (TPSA) is 32.3 Å². The number of rotatable bonds is 0. The summed E-state index contributed by atoms with van der Waals surface area (Å²) < 4.78 is 77.9. The summed E-state index contributed by atoms with van der Waals surface area (Å²) in [6.45, 7) is 0.692. The van der Waals surface area contributed by atoms with Crippen LogP contribution < -0.4 is 5.32 Å². The smallest absolute Gasteiger partial charge is 0.329 e. The van der Waals surface area contributed by atoms with Gasteiger partial charge in [0.2, 0.25) is 0 Å². The third-order valence-electron chi connectivity index (χ3n) is 3.88. The quantitative estimate of drug-likeness (QED) is 0.744. The second-order valence-corrected chi connectivity index (χ2v) is 5.20. The number of alkyl halides is 6. The second kappa shape index (κ2) is 4.61. The first-order valence-corrected chi connectivity index (χ1v) is 6.44. The highest BCUT2D eigenvalue weighted by Gasteiger charge is 2.47. The number of fused-ring (bicyclic) bond motifs is 3. The van der Waals surface area contributed by atoms with E-state index in [2.05, 4.69) is 5.32 Å². The molecule has 1 saturated heterocycles. The first kappa shape index (κ1) is 15.1. The molecule has 9 heteroatoms. The van der Waals surface area contributed by atoms with Gasteiger partial charge < -0.3 is 10.2 Å². The Morgan fingerprint density at radius 3 is 2.36 bits per heavy atom. The lowest BCUT2D eigenvalue weighted by Crippen LogP contribution is -2.44. The van der Waals surface area contributed by atoms with Crippen molar-refractivity contribution >= 4 is 5.91 Å². The molecule has 0 radical (unpaired) electrons. The average Bonchev–Trinajstić information content (AvgIpc) is 2.70. The minimum atomic E-state index is -5.02. The van der Waals surface area contributed by atoms with Gasteiger partial charge in [-0.25, -0.2) is 0 Å². The normalized spacial score (nSPS) is 21.8. The molecule has 1 unspecified atom stereocenters. The molecule has 3 nitrogen and oxygen atoms in total. The Morgan fingerprint density at radius 1 is 1.09 bits per heavy atom. The minimum absolute atomic E-state index is 0.0165. The lowest BCUT2D eigenvalue weighted by molar-refractivity contribution is -0.143. The molecule has 1 amide bonds. The van der Waals surface area contributed by atoms with E-state index in [1.165, 1.54) is 4.90 Å². The zero-order chi connectivity index (χ0) is 16.3. The summed E-state index contributed by atoms with van der Waals surface area (Å²) in [4.78, 5) is 13.4. The molecule has 0 aliphatic carbocycles. The van der Waals surface area contributed by atoms with Crippen LogP contribution in [0.2, 0.25) is 0 Å². The highest BCUT2D eigenvalue weighted by Crippen LogP contribution is 2.45. The van der Waals surface area contributed by atoms with E-state index in [1.54, 1.807) is 0 Å². The molecular formula is C13H10F6N2O. The number of halogens is 6. The van der Waals surface area contributed by atoms with E-state index in [1.807, 2.05) is 0 Å². The summed E-state index contributed by atoms with van der Waals surface area (Å²) >= 11 is 0. The molecule has 1 fully saturated rings. The summed E-state index contributed by atoms with van der Waals surface area (Å²) in [7, 11) is 0. The minimum Gasteiger partial charge on any atom is -0.329 e. The first-order chi connectivity index (χ1) is 10.1. The van der Waals surface area contributed by atoms with Crippen molar-refractivity contribution in [2.24, 2.45) is 0 Å². The van der Waals surface area contributed by atoms with Crippen molar-refractivity contribution in [1.82, 2.24) is 10.2 Å². The number of nitrogens with zero attached hydrogens (tertiary/aromatic N) is 1. The van der Waals surface area contributed by atoms with Crippen LogP contribution in [0.1, 0.15) is 33.1 Å². The Hall–Kier alpha value is -1.77. The highest BCUT2D eigenvalue weighted by atomic mass is 19.4. The maximum atomic E-state index is 13.1. The van der Waals surface area contributed by atoms with Gasteiger partial charge >= 0.3 is 12.4 Å². The highest BCUT2D eigenvalue weighted by molar-refractivity contribution is 6.01. The summed E-state index contributed by atoms with van der Waals surface area (Å²) in [6.07, 6.45) is -9.93. The van der Waals surface area contributed by atoms with Gasteiger partial charge in [0.1, 0.15) is 0 Å². The molecule has 2 aliphatic heterocycles. The van der Waals surface area contributed by atoms with Gasteiger partial charge in [0, 0.05) is 19.6 Å². The van der Waals surface area contributed by atoms with Crippen molar-refractivity contribution < 1.29 is 31.1 Å². The largest absolute Gasteiger partial charge is 0.417 e. The molecule has 1 N–H and O–H groups in total. The zero-order valence-electron chi connectivity index (χ0n) is 11.0. The second-order valence-electron chi connectivity index (χ2n) is 5.20. The molecule has 0 aromatic heterocycles. The lowest BCUT2D eigenvalue weighted by Gasteiger charge is -2.30. The van der Waals surface area contributed by atoms with Crippen LogP contribution in [0.3, 0.4) is 0 Å². The molecule has 0 saturated carbocycles. The van der Waals surface area contributed by atoms with Gasteiger partial charge in [-0.05, 0) is 17.7 Å². The summed E-state index contributed by atoms with van der Waals surface area (Å²) in [6, 6.07) is -0.123. The first-order valence-electron chi connectivity index (χ1n) is 6.44. The van der Waals surface area contributed by atoms with Gasteiger partial charge in [0.05, 0.1) is 22.7 Å². The van der Waals surface area contributed by atoms with Crippen molar-refractivity contribution in [3.63, 3.8) is 0 Å². The van der Waals surface area contributed by atoms with Gasteiger partial charge in [0.25, 0.3) is 5.91 Å². The molecule has 22 heavy (non-hydrogen) atoms. The van der Waals surface area contributed by atoms with Crippen LogP contribution in [0.15, 0.2) is 12.1 Å². The third-order valence-corrected chi connectivity index (χ3v) is 3.88. The predicted molar refractivity (Wildman–Crippen MR) is 63.1 cm³/mol. The van der Waals surface area contributed by atoms with E-state index in [9.17, 15) is 31.1 Å². The van der Waals surface area contributed by atoms with Crippen molar-refractivity contribution in [2.75, 3.05) is 19.6 Å². The van der Waals surface area contributed by atoms with E-state index < -0.39 is 41.0 Å². The van der Waals surface area contributed by atoms with Crippen LogP contribution in [0.5, 0.6) is 0 Å². The van der Waals surface area contributed by atoms with Crippen molar-refractivity contribution in [3.05, 3.63) is 34.4 Å². The molecule has 2 heterocycles. The number of carbonyl (C=O) groups excluding carboxylic acids is 1. The number of piperazine rings is 1. The lowest BCUT2D eigenvalue weighted by atomic mass is 9.95. The third kappa shape index (κ3) is 2.23. The van der Waals surface area contributed by atoms with Crippen molar-refractivity contribution in [3.8, 4) is 0 Å². The molecule has 0 bridgehead atoms. The van der Waals surface area contributed by atoms with Gasteiger partial charge in [-0.2, -0.15) is 26.3 Å². The molecular weight excluding hydrogens is 314 g/mol. The fourth-order valence-electron chi connectivity index (χ4n) is 2.92. The summed E-state index contributed by atoms with van der Waals surface area (Å²) in [5, 5.41) is 2.88. The van der Waals surface area contributed by atoms with Crippen LogP contribution in [0.4, 0.5) is 26.3 Å². The fourth-order valence-corrected chi connectivity index (χ4v) is 2.92. The number of benzene rings is 1. The zero-order valence-corrected chi connectivity index (χ0v) is 11.0. The molecule has 3 rings (SSSR count). The Balaban J connectivity index is 2.25. The van der Waals surface area contributed by atoms with Gasteiger partial charge in [0.15, 0.2) is 0 Å². The van der Waals surface area contributed by atoms with Gasteiger partial charge in [-0.3, -0.25) is 4.79 Å². The van der Waals surface area contributed by atoms with Crippen LogP contribution in [-0.2, 0) is 12.4 Å². The van der Waals surface area contributed by atoms with E-state index in [0.29, 0.717) is 12.6 Å². The molecule has 0 spiro atoms. The molecule has 1 atom stereocenters. The number of hydrogen-bond donors (Lipinski definition) is 1. The van der Waals surface area contributed by atoms with Gasteiger partial charge in [-0.15, -0.1) is 0 Å². The average molecular weight is 324 g/mol. The molecule has 1 aromatic carbocycles. The molecule has 120 valence electrons. The predicted octanol–water partition coefficient (Wildman–Crippen LogP) is 2.82. The Morgan fingerprint density at radius 2 is 1.77 bits per heavy atom. The summed E-state index contributed by atoms with van der Waals surface area (Å²) in [5.41, 5.74) is -3.77. The van der Waals surface area contributed by atoms with E-state index >= 15 is 0 Å². The van der Waals surface area contributed by atoms with Crippen molar-refractivity contribution in [2.45, 2.75) is 18.4 Å². The SMILES string of the molecule is O=C1c2c(cc(C(F)(F)F)cc2C(F)(F)F)C2CNCCN12. The fraction of sp³-hybridized carbons (Fsp3) is 0.462. The Kier molecular flexibility index (Phi) is 3.17. The van der Waals surface area contributed by atoms with E-state index in [-0.39, 0.29) is 24.7 Å². The molecule has 2 aliphatic rings. The molecule has 1 aromatic rings. The number of nitrogens with one attached hydrogen (secondary N) is 1.